The number of ether oxygens (including phenoxy) is 2. The molecule has 2 aliphatic rings. The molecule has 0 unspecified atom stereocenters. The second-order valence-electron chi connectivity index (χ2n) is 14.4. The fraction of sp³-hybridized carbons (Fsp3) is 0.234. The van der Waals surface area contributed by atoms with Crippen LogP contribution in [0, 0.1) is 27.7 Å². The van der Waals surface area contributed by atoms with E-state index in [1.54, 1.807) is 0 Å². The van der Waals surface area contributed by atoms with Crippen molar-refractivity contribution in [1.29, 1.82) is 0 Å². The molecular weight excluding hydrogens is 658 g/mol. The molecule has 51 heavy (non-hydrogen) atoms. The summed E-state index contributed by atoms with van der Waals surface area (Å²) in [7, 11) is -1.65. The first kappa shape index (κ1) is 33.9. The van der Waals surface area contributed by atoms with Crippen molar-refractivity contribution in [3.05, 3.63) is 167 Å². The van der Waals surface area contributed by atoms with E-state index in [1.807, 2.05) is 0 Å². The Balaban J connectivity index is 1.23. The number of para-hydroxylation sites is 2. The standard InChI is InChI=1S/C47H46O2P2/c1-32-14-22-40(23-15-32)50(41-24-16-33(2)17-25-41)44-12-5-8-36-30-39-11-7-10-38(48-46(36)44)31-37-9-6-13-45(47(37)49-39)51(42-26-18-34(3)19-27-42)43-28-20-35(4)21-29-43/h5-6,8-9,12-29,38-39H,7,10-11,30-31H2,1-4H3/t38-,39-/m1/s1. The van der Waals surface area contributed by atoms with Crippen LogP contribution in [0.15, 0.2) is 133 Å². The Morgan fingerprint density at radius 3 is 1.04 bits per heavy atom. The summed E-state index contributed by atoms with van der Waals surface area (Å²) in [5, 5.41) is 8.01. The van der Waals surface area contributed by atoms with Gasteiger partial charge in [-0.25, -0.2) is 0 Å². The first-order chi connectivity index (χ1) is 24.9. The summed E-state index contributed by atoms with van der Waals surface area (Å²) >= 11 is 0. The molecule has 2 atom stereocenters. The van der Waals surface area contributed by atoms with Crippen LogP contribution in [0.25, 0.3) is 0 Å². The van der Waals surface area contributed by atoms with Crippen LogP contribution in [-0.2, 0) is 12.8 Å². The summed E-state index contributed by atoms with van der Waals surface area (Å²) in [6.45, 7) is 8.67. The lowest BCUT2D eigenvalue weighted by molar-refractivity contribution is 0.189. The minimum Gasteiger partial charge on any atom is -0.489 e. The summed E-state index contributed by atoms with van der Waals surface area (Å²) in [4.78, 5) is 0. The van der Waals surface area contributed by atoms with Crippen LogP contribution >= 0.6 is 15.8 Å². The predicted molar refractivity (Wildman–Crippen MR) is 219 cm³/mol. The normalized spacial score (nSPS) is 16.9. The highest BCUT2D eigenvalue weighted by molar-refractivity contribution is 7.80. The minimum absolute atomic E-state index is 0.0530. The Morgan fingerprint density at radius 1 is 0.412 bits per heavy atom. The summed E-state index contributed by atoms with van der Waals surface area (Å²) in [5.41, 5.74) is 7.64. The zero-order valence-corrected chi connectivity index (χ0v) is 31.9. The molecule has 0 radical (unpaired) electrons. The van der Waals surface area contributed by atoms with Gasteiger partial charge in [-0.3, -0.25) is 0 Å². The molecule has 0 spiro atoms. The topological polar surface area (TPSA) is 18.5 Å². The van der Waals surface area contributed by atoms with Gasteiger partial charge in [0.2, 0.25) is 0 Å². The van der Waals surface area contributed by atoms with Gasteiger partial charge >= 0.3 is 0 Å². The second-order valence-corrected chi connectivity index (χ2v) is 18.7. The van der Waals surface area contributed by atoms with Crippen molar-refractivity contribution in [2.45, 2.75) is 72.0 Å². The Hall–Kier alpha value is -4.22. The van der Waals surface area contributed by atoms with Crippen molar-refractivity contribution in [2.24, 2.45) is 0 Å². The Bertz CT molecular complexity index is 1870. The third kappa shape index (κ3) is 7.28. The zero-order valence-electron chi connectivity index (χ0n) is 30.1. The molecular formula is C47H46O2P2. The first-order valence-electron chi connectivity index (χ1n) is 18.3. The van der Waals surface area contributed by atoms with Crippen LogP contribution in [0.1, 0.15) is 52.6 Å². The highest BCUT2D eigenvalue weighted by atomic mass is 31.1. The van der Waals surface area contributed by atoms with Crippen LogP contribution < -0.4 is 41.3 Å². The summed E-state index contributed by atoms with van der Waals surface area (Å²) in [6, 6.07) is 50.3. The maximum Gasteiger partial charge on any atom is 0.131 e. The van der Waals surface area contributed by atoms with Crippen LogP contribution in [0.3, 0.4) is 0 Å². The van der Waals surface area contributed by atoms with Crippen molar-refractivity contribution < 1.29 is 9.47 Å². The van der Waals surface area contributed by atoms with E-state index < -0.39 is 15.8 Å². The predicted octanol–water partition coefficient (Wildman–Crippen LogP) is 8.91. The highest BCUT2D eigenvalue weighted by Gasteiger charge is 2.32. The van der Waals surface area contributed by atoms with Crippen LogP contribution in [-0.4, -0.2) is 12.2 Å². The molecule has 0 aromatic heterocycles. The maximum atomic E-state index is 7.36. The lowest BCUT2D eigenvalue weighted by Gasteiger charge is -2.30. The largest absolute Gasteiger partial charge is 0.489 e. The lowest BCUT2D eigenvalue weighted by Crippen LogP contribution is -2.30. The smallest absolute Gasteiger partial charge is 0.131 e. The fourth-order valence-corrected chi connectivity index (χ4v) is 12.3. The van der Waals surface area contributed by atoms with Gasteiger partial charge in [-0.05, 0) is 95.1 Å². The molecule has 8 rings (SSSR count). The summed E-state index contributed by atoms with van der Waals surface area (Å²) in [5.74, 6) is 2.15. The van der Waals surface area contributed by atoms with Crippen molar-refractivity contribution >= 4 is 47.7 Å². The molecule has 0 aliphatic carbocycles. The summed E-state index contributed by atoms with van der Waals surface area (Å²) in [6.07, 6.45) is 4.85. The SMILES string of the molecule is Cc1ccc(P(c2ccc(C)cc2)c2cccc3c2O[C@@H]2CCC[C@H](C3)Oc3c(cccc3P(c3ccc(C)cc3)c3ccc(C)cc3)C2)cc1. The van der Waals surface area contributed by atoms with Gasteiger partial charge in [0, 0.05) is 23.5 Å². The molecule has 0 N–H and O–H groups in total. The average Bonchev–Trinajstić information content (AvgIpc) is 3.28. The van der Waals surface area contributed by atoms with E-state index >= 15 is 0 Å². The third-order valence-electron chi connectivity index (χ3n) is 10.3. The molecule has 2 heterocycles. The molecule has 4 heteroatoms. The molecule has 2 nitrogen and oxygen atoms in total. The summed E-state index contributed by atoms with van der Waals surface area (Å²) < 4.78 is 14.7. The van der Waals surface area contributed by atoms with E-state index in [-0.39, 0.29) is 12.2 Å². The second kappa shape index (κ2) is 14.8. The van der Waals surface area contributed by atoms with Gasteiger partial charge in [0.05, 0.1) is 0 Å². The van der Waals surface area contributed by atoms with Crippen LogP contribution in [0.2, 0.25) is 0 Å². The average molecular weight is 705 g/mol. The van der Waals surface area contributed by atoms with Gasteiger partial charge in [0.25, 0.3) is 0 Å². The van der Waals surface area contributed by atoms with Crippen LogP contribution in [0.4, 0.5) is 0 Å². The Morgan fingerprint density at radius 2 is 0.725 bits per heavy atom. The van der Waals surface area contributed by atoms with Gasteiger partial charge in [-0.2, -0.15) is 0 Å². The first-order valence-corrected chi connectivity index (χ1v) is 21.0. The van der Waals surface area contributed by atoms with Crippen molar-refractivity contribution in [2.75, 3.05) is 0 Å². The molecule has 6 aromatic carbocycles. The monoisotopic (exact) mass is 704 g/mol. The number of hydrogen-bond acceptors (Lipinski definition) is 2. The van der Waals surface area contributed by atoms with Gasteiger partial charge in [0.15, 0.2) is 0 Å². The number of hydrogen-bond donors (Lipinski definition) is 0. The maximum absolute atomic E-state index is 7.36. The molecule has 256 valence electrons. The van der Waals surface area contributed by atoms with Crippen molar-refractivity contribution in [3.8, 4) is 11.5 Å². The number of benzene rings is 6. The molecule has 0 fully saturated rings. The van der Waals surface area contributed by atoms with Crippen molar-refractivity contribution in [1.82, 2.24) is 0 Å². The van der Waals surface area contributed by atoms with E-state index in [0.29, 0.717) is 0 Å². The van der Waals surface area contributed by atoms with Gasteiger partial charge < -0.3 is 9.47 Å². The van der Waals surface area contributed by atoms with Gasteiger partial charge in [-0.1, -0.05) is 156 Å². The van der Waals surface area contributed by atoms with E-state index in [1.165, 1.54) is 65.2 Å². The number of rotatable bonds is 6. The Kier molecular flexibility index (Phi) is 9.83. The van der Waals surface area contributed by atoms with Crippen molar-refractivity contribution in [3.63, 3.8) is 0 Å². The van der Waals surface area contributed by atoms with E-state index in [4.69, 9.17) is 9.47 Å². The minimum atomic E-state index is -0.825. The molecule has 0 amide bonds. The van der Waals surface area contributed by atoms with Gasteiger partial charge in [0.1, 0.15) is 23.7 Å². The third-order valence-corrected chi connectivity index (χ3v) is 15.2. The van der Waals surface area contributed by atoms with Crippen LogP contribution in [0.5, 0.6) is 11.5 Å². The molecule has 2 bridgehead atoms. The molecule has 6 aromatic rings. The van der Waals surface area contributed by atoms with E-state index in [9.17, 15) is 0 Å². The number of aryl methyl sites for hydroxylation is 4. The van der Waals surface area contributed by atoms with E-state index in [0.717, 1.165) is 43.6 Å². The van der Waals surface area contributed by atoms with Gasteiger partial charge in [-0.15, -0.1) is 0 Å². The quantitative estimate of drug-likeness (QED) is 0.161. The zero-order chi connectivity index (χ0) is 34.9. The Labute approximate surface area is 306 Å². The fourth-order valence-electron chi connectivity index (χ4n) is 7.52. The number of fused-ring (bicyclic) bond motifs is 6. The van der Waals surface area contributed by atoms with E-state index in [2.05, 4.69) is 161 Å². The molecule has 2 aliphatic heterocycles. The lowest BCUT2D eigenvalue weighted by atomic mass is 10.0. The molecule has 0 saturated heterocycles. The highest BCUT2D eigenvalue weighted by Crippen LogP contribution is 2.43. The molecule has 0 saturated carbocycles.